The first-order chi connectivity index (χ1) is 18.7. The topological polar surface area (TPSA) is 98.1 Å². The predicted octanol–water partition coefficient (Wildman–Crippen LogP) is 5.61. The van der Waals surface area contributed by atoms with Gasteiger partial charge in [-0.25, -0.2) is 0 Å². The number of halogens is 4. The summed E-state index contributed by atoms with van der Waals surface area (Å²) in [6, 6.07) is 18.5. The summed E-state index contributed by atoms with van der Waals surface area (Å²) in [5.74, 6) is -0.335. The van der Waals surface area contributed by atoms with E-state index in [9.17, 15) is 22.8 Å². The van der Waals surface area contributed by atoms with Gasteiger partial charge in [-0.05, 0) is 42.5 Å². The first-order valence-electron chi connectivity index (χ1n) is 11.4. The third-order valence-corrected chi connectivity index (χ3v) is 6.63. The Morgan fingerprint density at radius 3 is 2.46 bits per heavy atom. The zero-order valence-corrected chi connectivity index (χ0v) is 21.9. The van der Waals surface area contributed by atoms with Gasteiger partial charge < -0.3 is 15.4 Å². The molecule has 3 aromatic carbocycles. The number of hydrogen-bond donors (Lipinski definition) is 2. The molecule has 0 radical (unpaired) electrons. The van der Waals surface area contributed by atoms with Crippen LogP contribution < -0.4 is 15.4 Å². The number of nitrogens with one attached hydrogen (secondary N) is 2. The number of amides is 2. The molecule has 0 aliphatic carbocycles. The number of rotatable bonds is 9. The fraction of sp³-hybridized carbons (Fsp3) is 0.154. The largest absolute Gasteiger partial charge is 0.496 e. The SMILES string of the molecule is COc1ccccc1C(=O)NCc1nnc(SCC(=O)Nc2cc(C(F)(F)F)ccc2Cl)n1-c1ccccc1. The number of benzene rings is 3. The Kier molecular flexibility index (Phi) is 8.77. The van der Waals surface area contributed by atoms with Crippen molar-refractivity contribution in [1.82, 2.24) is 20.1 Å². The molecule has 8 nitrogen and oxygen atoms in total. The number of methoxy groups -OCH3 is 1. The number of nitrogens with zero attached hydrogens (tertiary/aromatic N) is 3. The number of hydrogen-bond acceptors (Lipinski definition) is 6. The summed E-state index contributed by atoms with van der Waals surface area (Å²) < 4.78 is 46.1. The van der Waals surface area contributed by atoms with E-state index in [-0.39, 0.29) is 28.9 Å². The monoisotopic (exact) mass is 575 g/mol. The molecule has 0 spiro atoms. The van der Waals surface area contributed by atoms with Crippen LogP contribution in [0.1, 0.15) is 21.7 Å². The molecule has 0 saturated heterocycles. The van der Waals surface area contributed by atoms with Gasteiger partial charge in [0.25, 0.3) is 5.91 Å². The van der Waals surface area contributed by atoms with Crippen LogP contribution in [-0.2, 0) is 17.5 Å². The number of carbonyl (C=O) groups is 2. The maximum atomic E-state index is 13.1. The van der Waals surface area contributed by atoms with E-state index in [0.29, 0.717) is 28.0 Å². The molecule has 202 valence electrons. The van der Waals surface area contributed by atoms with Gasteiger partial charge in [0.2, 0.25) is 5.91 Å². The van der Waals surface area contributed by atoms with Crippen molar-refractivity contribution in [3.63, 3.8) is 0 Å². The normalized spacial score (nSPS) is 11.2. The van der Waals surface area contributed by atoms with Gasteiger partial charge in [0.1, 0.15) is 5.75 Å². The van der Waals surface area contributed by atoms with E-state index in [2.05, 4.69) is 20.8 Å². The minimum atomic E-state index is -4.58. The summed E-state index contributed by atoms with van der Waals surface area (Å²) in [7, 11) is 1.47. The lowest BCUT2D eigenvalue weighted by Crippen LogP contribution is -2.25. The Balaban J connectivity index is 1.50. The van der Waals surface area contributed by atoms with Crippen molar-refractivity contribution in [1.29, 1.82) is 0 Å². The highest BCUT2D eigenvalue weighted by atomic mass is 35.5. The van der Waals surface area contributed by atoms with Gasteiger partial charge in [-0.1, -0.05) is 53.7 Å². The van der Waals surface area contributed by atoms with Crippen LogP contribution in [0.5, 0.6) is 5.75 Å². The molecule has 2 N–H and O–H groups in total. The highest BCUT2D eigenvalue weighted by Crippen LogP contribution is 2.34. The highest BCUT2D eigenvalue weighted by Gasteiger charge is 2.31. The first-order valence-corrected chi connectivity index (χ1v) is 12.7. The van der Waals surface area contributed by atoms with Crippen molar-refractivity contribution in [2.45, 2.75) is 17.9 Å². The zero-order chi connectivity index (χ0) is 28.0. The minimum Gasteiger partial charge on any atom is -0.496 e. The van der Waals surface area contributed by atoms with Crippen molar-refractivity contribution in [2.75, 3.05) is 18.2 Å². The number of para-hydroxylation sites is 2. The number of anilines is 1. The average molecular weight is 576 g/mol. The lowest BCUT2D eigenvalue weighted by molar-refractivity contribution is -0.137. The number of alkyl halides is 3. The van der Waals surface area contributed by atoms with Crippen LogP contribution in [-0.4, -0.2) is 39.4 Å². The number of carbonyl (C=O) groups excluding carboxylic acids is 2. The Morgan fingerprint density at radius 2 is 1.74 bits per heavy atom. The zero-order valence-electron chi connectivity index (χ0n) is 20.3. The number of aromatic nitrogens is 3. The van der Waals surface area contributed by atoms with Gasteiger partial charge in [0.05, 0.1) is 41.2 Å². The van der Waals surface area contributed by atoms with Crippen molar-refractivity contribution >= 4 is 40.9 Å². The van der Waals surface area contributed by atoms with E-state index < -0.39 is 17.6 Å². The average Bonchev–Trinajstić information content (AvgIpc) is 3.34. The molecule has 2 amide bonds. The second kappa shape index (κ2) is 12.2. The molecule has 0 aliphatic rings. The smallest absolute Gasteiger partial charge is 0.416 e. The predicted molar refractivity (Wildman–Crippen MR) is 141 cm³/mol. The molecule has 1 heterocycles. The highest BCUT2D eigenvalue weighted by molar-refractivity contribution is 7.99. The molecule has 0 aliphatic heterocycles. The van der Waals surface area contributed by atoms with Crippen LogP contribution in [0.3, 0.4) is 0 Å². The van der Waals surface area contributed by atoms with Crippen LogP contribution in [0.2, 0.25) is 5.02 Å². The maximum absolute atomic E-state index is 13.1. The number of ether oxygens (including phenoxy) is 1. The van der Waals surface area contributed by atoms with Gasteiger partial charge in [0, 0.05) is 5.69 Å². The van der Waals surface area contributed by atoms with E-state index in [0.717, 1.165) is 30.0 Å². The van der Waals surface area contributed by atoms with E-state index in [1.807, 2.05) is 18.2 Å². The molecule has 4 rings (SSSR count). The molecule has 0 saturated carbocycles. The fourth-order valence-corrected chi connectivity index (χ4v) is 4.48. The molecule has 39 heavy (non-hydrogen) atoms. The second-order valence-corrected chi connectivity index (χ2v) is 9.33. The van der Waals surface area contributed by atoms with Crippen LogP contribution in [0.4, 0.5) is 18.9 Å². The van der Waals surface area contributed by atoms with Gasteiger partial charge in [-0.15, -0.1) is 10.2 Å². The van der Waals surface area contributed by atoms with Crippen molar-refractivity contribution in [3.8, 4) is 11.4 Å². The van der Waals surface area contributed by atoms with Gasteiger partial charge in [0.15, 0.2) is 11.0 Å². The lowest BCUT2D eigenvalue weighted by atomic mass is 10.2. The van der Waals surface area contributed by atoms with Crippen LogP contribution in [0.25, 0.3) is 5.69 Å². The van der Waals surface area contributed by atoms with Crippen molar-refractivity contribution in [3.05, 3.63) is 94.8 Å². The molecule has 13 heteroatoms. The van der Waals surface area contributed by atoms with Gasteiger partial charge in [-0.3, -0.25) is 14.2 Å². The maximum Gasteiger partial charge on any atom is 0.416 e. The number of thioether (sulfide) groups is 1. The van der Waals surface area contributed by atoms with E-state index in [1.54, 1.807) is 41.0 Å². The van der Waals surface area contributed by atoms with Crippen molar-refractivity contribution in [2.24, 2.45) is 0 Å². The minimum absolute atomic E-state index is 0.0192. The molecule has 0 atom stereocenters. The first kappa shape index (κ1) is 28.0. The molecule has 4 aromatic rings. The van der Waals surface area contributed by atoms with Crippen LogP contribution >= 0.6 is 23.4 Å². The summed E-state index contributed by atoms with van der Waals surface area (Å²) in [4.78, 5) is 25.4. The molecular formula is C26H21ClF3N5O3S. The molecule has 0 bridgehead atoms. The Labute approximate surface area is 230 Å². The summed E-state index contributed by atoms with van der Waals surface area (Å²) in [5, 5.41) is 13.9. The molecule has 0 unspecified atom stereocenters. The summed E-state index contributed by atoms with van der Waals surface area (Å²) in [6.07, 6.45) is -4.58. The van der Waals surface area contributed by atoms with E-state index >= 15 is 0 Å². The molecular weight excluding hydrogens is 555 g/mol. The van der Waals surface area contributed by atoms with Crippen LogP contribution in [0.15, 0.2) is 78.0 Å². The Morgan fingerprint density at radius 1 is 1.03 bits per heavy atom. The molecule has 1 aromatic heterocycles. The fourth-order valence-electron chi connectivity index (χ4n) is 3.55. The lowest BCUT2D eigenvalue weighted by Gasteiger charge is -2.13. The standard InChI is InChI=1S/C26H21ClF3N5O3S/c1-38-21-10-6-5-9-18(21)24(37)31-14-22-33-34-25(35(22)17-7-3-2-4-8-17)39-15-23(36)32-20-13-16(26(28,29)30)11-12-19(20)27/h2-13H,14-15H2,1H3,(H,31,37)(H,32,36). The second-order valence-electron chi connectivity index (χ2n) is 7.98. The summed E-state index contributed by atoms with van der Waals surface area (Å²) >= 11 is 7.00. The molecule has 0 fully saturated rings. The van der Waals surface area contributed by atoms with Gasteiger partial charge >= 0.3 is 6.18 Å². The Bertz CT molecular complexity index is 1480. The van der Waals surface area contributed by atoms with E-state index in [4.69, 9.17) is 16.3 Å². The summed E-state index contributed by atoms with van der Waals surface area (Å²) in [5.41, 5.74) is -0.0435. The van der Waals surface area contributed by atoms with E-state index in [1.165, 1.54) is 7.11 Å². The van der Waals surface area contributed by atoms with Gasteiger partial charge in [-0.2, -0.15) is 13.2 Å². The quantitative estimate of drug-likeness (QED) is 0.252. The third-order valence-electron chi connectivity index (χ3n) is 5.37. The van der Waals surface area contributed by atoms with Crippen molar-refractivity contribution < 1.29 is 27.5 Å². The Hall–Kier alpha value is -4.03. The third kappa shape index (κ3) is 6.89. The van der Waals surface area contributed by atoms with Crippen LogP contribution in [0, 0.1) is 0 Å². The summed E-state index contributed by atoms with van der Waals surface area (Å²) in [6.45, 7) is 0.0192.